The smallest absolute Gasteiger partial charge is 0.303 e. The van der Waals surface area contributed by atoms with Crippen LogP contribution in [-0.4, -0.2) is 28.9 Å². The predicted molar refractivity (Wildman–Crippen MR) is 66.4 cm³/mol. The lowest BCUT2D eigenvalue weighted by Crippen LogP contribution is -2.34. The van der Waals surface area contributed by atoms with Crippen molar-refractivity contribution in [1.29, 1.82) is 0 Å². The van der Waals surface area contributed by atoms with Gasteiger partial charge in [-0.1, -0.05) is 0 Å². The molecule has 0 unspecified atom stereocenters. The third-order valence-electron chi connectivity index (χ3n) is 2.80. The van der Waals surface area contributed by atoms with Crippen molar-refractivity contribution in [3.05, 3.63) is 23.8 Å². The van der Waals surface area contributed by atoms with Crippen molar-refractivity contribution in [2.24, 2.45) is 0 Å². The second-order valence-electron chi connectivity index (χ2n) is 4.28. The molecule has 0 radical (unpaired) electrons. The Labute approximate surface area is 109 Å². The molecule has 2 N–H and O–H groups in total. The molecule has 6 nitrogen and oxygen atoms in total. The fourth-order valence-corrected chi connectivity index (χ4v) is 1.75. The molecule has 0 fully saturated rings. The quantitative estimate of drug-likeness (QED) is 0.802. The maximum atomic E-state index is 11.8. The molecule has 0 aromatic heterocycles. The molecule has 6 heteroatoms. The standard InChI is InChI=1S/C13H13NO5/c1-7-13(18)14-9-6-8(2-4-11(9)19-7)10(15)3-5-12(16)17/h2,4,6-7H,3,5H2,1H3,(H,14,18)(H,16,17)/t7-/m1/s1. The molecule has 1 aromatic carbocycles. The first-order valence-electron chi connectivity index (χ1n) is 5.84. The number of hydrogen-bond donors (Lipinski definition) is 2. The molecule has 0 saturated heterocycles. The van der Waals surface area contributed by atoms with Crippen molar-refractivity contribution in [3.63, 3.8) is 0 Å². The van der Waals surface area contributed by atoms with Gasteiger partial charge in [-0.3, -0.25) is 14.4 Å². The number of nitrogens with one attached hydrogen (secondary N) is 1. The molecule has 1 aliphatic heterocycles. The number of carbonyl (C=O) groups excluding carboxylic acids is 2. The zero-order valence-electron chi connectivity index (χ0n) is 10.3. The first-order chi connectivity index (χ1) is 8.97. The van der Waals surface area contributed by atoms with Gasteiger partial charge in [0.2, 0.25) is 0 Å². The summed E-state index contributed by atoms with van der Waals surface area (Å²) in [6, 6.07) is 4.66. The number of carbonyl (C=O) groups is 3. The van der Waals surface area contributed by atoms with Gasteiger partial charge in [-0.05, 0) is 25.1 Å². The van der Waals surface area contributed by atoms with Crippen molar-refractivity contribution in [2.75, 3.05) is 5.32 Å². The van der Waals surface area contributed by atoms with Crippen LogP contribution in [0.1, 0.15) is 30.1 Å². The third-order valence-corrected chi connectivity index (χ3v) is 2.80. The predicted octanol–water partition coefficient (Wildman–Crippen LogP) is 1.45. The molecule has 1 atom stereocenters. The van der Waals surface area contributed by atoms with Crippen LogP contribution in [0.2, 0.25) is 0 Å². The number of rotatable bonds is 4. The molecule has 2 rings (SSSR count). The molecule has 0 spiro atoms. The van der Waals surface area contributed by atoms with Crippen molar-refractivity contribution in [2.45, 2.75) is 25.9 Å². The van der Waals surface area contributed by atoms with Gasteiger partial charge in [0, 0.05) is 12.0 Å². The zero-order chi connectivity index (χ0) is 14.0. The van der Waals surface area contributed by atoms with Crippen LogP contribution in [0.25, 0.3) is 0 Å². The molecule has 1 amide bonds. The summed E-state index contributed by atoms with van der Waals surface area (Å²) >= 11 is 0. The largest absolute Gasteiger partial charge is 0.481 e. The van der Waals surface area contributed by atoms with E-state index in [9.17, 15) is 14.4 Å². The van der Waals surface area contributed by atoms with Crippen LogP contribution < -0.4 is 10.1 Å². The van der Waals surface area contributed by atoms with Crippen LogP contribution >= 0.6 is 0 Å². The van der Waals surface area contributed by atoms with Crippen LogP contribution in [-0.2, 0) is 9.59 Å². The average Bonchev–Trinajstić information content (AvgIpc) is 2.36. The highest BCUT2D eigenvalue weighted by atomic mass is 16.5. The molecule has 0 aliphatic carbocycles. The van der Waals surface area contributed by atoms with E-state index in [-0.39, 0.29) is 24.5 Å². The van der Waals surface area contributed by atoms with E-state index in [4.69, 9.17) is 9.84 Å². The molecule has 100 valence electrons. The Balaban J connectivity index is 2.17. The lowest BCUT2D eigenvalue weighted by atomic mass is 10.0. The summed E-state index contributed by atoms with van der Waals surface area (Å²) < 4.78 is 5.36. The minimum absolute atomic E-state index is 0.0701. The number of fused-ring (bicyclic) bond motifs is 1. The Hall–Kier alpha value is -2.37. The average molecular weight is 263 g/mol. The summed E-state index contributed by atoms with van der Waals surface area (Å²) in [7, 11) is 0. The lowest BCUT2D eigenvalue weighted by Gasteiger charge is -2.23. The van der Waals surface area contributed by atoms with E-state index in [1.165, 1.54) is 6.07 Å². The highest BCUT2D eigenvalue weighted by Gasteiger charge is 2.24. The number of benzene rings is 1. The van der Waals surface area contributed by atoms with Gasteiger partial charge in [0.25, 0.3) is 5.91 Å². The van der Waals surface area contributed by atoms with E-state index in [0.717, 1.165) is 0 Å². The molecule has 0 bridgehead atoms. The molecule has 1 aromatic rings. The Morgan fingerprint density at radius 2 is 2.11 bits per heavy atom. The van der Waals surface area contributed by atoms with Gasteiger partial charge in [-0.25, -0.2) is 0 Å². The summed E-state index contributed by atoms with van der Waals surface area (Å²) in [5.74, 6) is -1.07. The Morgan fingerprint density at radius 3 is 2.79 bits per heavy atom. The number of carboxylic acids is 1. The number of amides is 1. The second-order valence-corrected chi connectivity index (χ2v) is 4.28. The minimum atomic E-state index is -1.02. The number of anilines is 1. The van der Waals surface area contributed by atoms with E-state index >= 15 is 0 Å². The number of aliphatic carboxylic acids is 1. The van der Waals surface area contributed by atoms with Gasteiger partial charge in [0.1, 0.15) is 5.75 Å². The summed E-state index contributed by atoms with van der Waals surface area (Å²) in [5, 5.41) is 11.2. The monoisotopic (exact) mass is 263 g/mol. The maximum absolute atomic E-state index is 11.8. The molecular formula is C13H13NO5. The van der Waals surface area contributed by atoms with Gasteiger partial charge >= 0.3 is 5.97 Å². The highest BCUT2D eigenvalue weighted by molar-refractivity contribution is 6.02. The number of carboxylic acid groups (broad SMARTS) is 1. The summed E-state index contributed by atoms with van der Waals surface area (Å²) in [4.78, 5) is 33.6. The van der Waals surface area contributed by atoms with Gasteiger partial charge < -0.3 is 15.2 Å². The number of ketones is 1. The second kappa shape index (κ2) is 5.09. The van der Waals surface area contributed by atoms with Crippen LogP contribution in [0.4, 0.5) is 5.69 Å². The van der Waals surface area contributed by atoms with Gasteiger partial charge in [-0.2, -0.15) is 0 Å². The molecule has 19 heavy (non-hydrogen) atoms. The van der Waals surface area contributed by atoms with Crippen LogP contribution in [0.15, 0.2) is 18.2 Å². The molecular weight excluding hydrogens is 250 g/mol. The first kappa shape index (κ1) is 13.1. The third kappa shape index (κ3) is 2.90. The van der Waals surface area contributed by atoms with Crippen molar-refractivity contribution >= 4 is 23.3 Å². The van der Waals surface area contributed by atoms with E-state index in [1.54, 1.807) is 19.1 Å². The van der Waals surface area contributed by atoms with E-state index < -0.39 is 12.1 Å². The number of ether oxygens (including phenoxy) is 1. The number of Topliss-reactive ketones (excluding diaryl/α,β-unsaturated/α-hetero) is 1. The Kier molecular flexibility index (Phi) is 3.50. The molecule has 0 saturated carbocycles. The fraction of sp³-hybridized carbons (Fsp3) is 0.308. The first-order valence-corrected chi connectivity index (χ1v) is 5.84. The van der Waals surface area contributed by atoms with Crippen LogP contribution in [0.5, 0.6) is 5.75 Å². The number of hydrogen-bond acceptors (Lipinski definition) is 4. The summed E-state index contributed by atoms with van der Waals surface area (Å²) in [6.07, 6.45) is -0.851. The summed E-state index contributed by atoms with van der Waals surface area (Å²) in [6.45, 7) is 1.63. The van der Waals surface area contributed by atoms with Crippen molar-refractivity contribution < 1.29 is 24.2 Å². The normalized spacial score (nSPS) is 17.1. The van der Waals surface area contributed by atoms with Gasteiger partial charge in [-0.15, -0.1) is 0 Å². The Morgan fingerprint density at radius 1 is 1.37 bits per heavy atom. The maximum Gasteiger partial charge on any atom is 0.303 e. The van der Waals surface area contributed by atoms with E-state index in [2.05, 4.69) is 5.32 Å². The lowest BCUT2D eigenvalue weighted by molar-refractivity contribution is -0.137. The van der Waals surface area contributed by atoms with Crippen molar-refractivity contribution in [1.82, 2.24) is 0 Å². The topological polar surface area (TPSA) is 92.7 Å². The van der Waals surface area contributed by atoms with Crippen molar-refractivity contribution in [3.8, 4) is 5.75 Å². The fourth-order valence-electron chi connectivity index (χ4n) is 1.75. The Bertz CT molecular complexity index is 552. The van der Waals surface area contributed by atoms with Crippen LogP contribution in [0, 0.1) is 0 Å². The minimum Gasteiger partial charge on any atom is -0.481 e. The van der Waals surface area contributed by atoms with E-state index in [0.29, 0.717) is 17.0 Å². The van der Waals surface area contributed by atoms with Gasteiger partial charge in [0.15, 0.2) is 11.9 Å². The van der Waals surface area contributed by atoms with E-state index in [1.807, 2.05) is 0 Å². The molecule has 1 aliphatic rings. The highest BCUT2D eigenvalue weighted by Crippen LogP contribution is 2.30. The SMILES string of the molecule is C[C@H]1Oc2ccc(C(=O)CCC(=O)O)cc2NC1=O. The zero-order valence-corrected chi connectivity index (χ0v) is 10.3. The van der Waals surface area contributed by atoms with Gasteiger partial charge in [0.05, 0.1) is 12.1 Å². The molecule has 1 heterocycles. The van der Waals surface area contributed by atoms with Crippen LogP contribution in [0.3, 0.4) is 0 Å². The summed E-state index contributed by atoms with van der Waals surface area (Å²) in [5.41, 5.74) is 0.794.